The third-order valence-corrected chi connectivity index (χ3v) is 2.97. The molecule has 0 aromatic heterocycles. The Bertz CT molecular complexity index is 323. The van der Waals surface area contributed by atoms with E-state index in [0.717, 1.165) is 12.8 Å². The molecule has 0 bridgehead atoms. The number of carboxylic acid groups (broad SMARTS) is 1. The van der Waals surface area contributed by atoms with Gasteiger partial charge in [-0.05, 0) is 26.2 Å². The van der Waals surface area contributed by atoms with Crippen LogP contribution in [0.15, 0.2) is 0 Å². The first-order chi connectivity index (χ1) is 8.46. The van der Waals surface area contributed by atoms with E-state index in [0.29, 0.717) is 19.4 Å². The van der Waals surface area contributed by atoms with E-state index in [-0.39, 0.29) is 12.6 Å². The molecule has 18 heavy (non-hydrogen) atoms. The summed E-state index contributed by atoms with van der Waals surface area (Å²) in [5.41, 5.74) is -0.916. The van der Waals surface area contributed by atoms with E-state index in [2.05, 4.69) is 16.6 Å². The van der Waals surface area contributed by atoms with Crippen LogP contribution in [0.2, 0.25) is 0 Å². The summed E-state index contributed by atoms with van der Waals surface area (Å²) in [6, 6.07) is -0.336. The van der Waals surface area contributed by atoms with E-state index in [1.54, 1.807) is 13.8 Å². The minimum Gasteiger partial charge on any atom is -0.481 e. The maximum absolute atomic E-state index is 11.4. The second kappa shape index (κ2) is 8.40. The van der Waals surface area contributed by atoms with E-state index in [4.69, 9.17) is 11.5 Å². The molecule has 0 aliphatic heterocycles. The molecule has 0 aliphatic rings. The molecule has 2 amide bonds. The van der Waals surface area contributed by atoms with Gasteiger partial charge in [-0.2, -0.15) is 0 Å². The van der Waals surface area contributed by atoms with Gasteiger partial charge in [0.25, 0.3) is 0 Å². The largest absolute Gasteiger partial charge is 0.481 e. The average molecular weight is 254 g/mol. The third kappa shape index (κ3) is 6.14. The van der Waals surface area contributed by atoms with E-state index in [1.807, 2.05) is 0 Å². The van der Waals surface area contributed by atoms with Crippen molar-refractivity contribution in [2.24, 2.45) is 5.41 Å². The van der Waals surface area contributed by atoms with Crippen LogP contribution in [0.5, 0.6) is 0 Å². The zero-order valence-corrected chi connectivity index (χ0v) is 11.1. The van der Waals surface area contributed by atoms with Crippen molar-refractivity contribution >= 4 is 12.0 Å². The summed E-state index contributed by atoms with van der Waals surface area (Å²) in [6.45, 7) is 4.06. The zero-order valence-electron chi connectivity index (χ0n) is 11.1. The van der Waals surface area contributed by atoms with Crippen LogP contribution in [0, 0.1) is 17.8 Å². The smallest absolute Gasteiger partial charge is 0.314 e. The highest BCUT2D eigenvalue weighted by Gasteiger charge is 2.31. The highest BCUT2D eigenvalue weighted by Crippen LogP contribution is 2.19. The summed E-state index contributed by atoms with van der Waals surface area (Å²) in [4.78, 5) is 22.4. The van der Waals surface area contributed by atoms with Crippen LogP contribution in [0.1, 0.15) is 39.5 Å². The fourth-order valence-electron chi connectivity index (χ4n) is 1.24. The number of rotatable bonds is 8. The summed E-state index contributed by atoms with van der Waals surface area (Å²) in [7, 11) is 0. The lowest BCUT2D eigenvalue weighted by Gasteiger charge is -2.23. The normalized spacial score (nSPS) is 13.2. The Labute approximate surface area is 108 Å². The van der Waals surface area contributed by atoms with Crippen molar-refractivity contribution in [3.63, 3.8) is 0 Å². The number of carbonyl (C=O) groups is 2. The second-order valence-corrected chi connectivity index (χ2v) is 4.49. The molecule has 0 aromatic carbocycles. The molecular weight excluding hydrogens is 232 g/mol. The molecule has 0 rings (SSSR count). The molecule has 5 nitrogen and oxygen atoms in total. The molecule has 1 atom stereocenters. The molecule has 1 unspecified atom stereocenters. The van der Waals surface area contributed by atoms with Crippen LogP contribution in [0.3, 0.4) is 0 Å². The van der Waals surface area contributed by atoms with Crippen molar-refractivity contribution in [1.82, 2.24) is 10.6 Å². The fourth-order valence-corrected chi connectivity index (χ4v) is 1.24. The van der Waals surface area contributed by atoms with Gasteiger partial charge in [-0.25, -0.2) is 4.79 Å². The highest BCUT2D eigenvalue weighted by atomic mass is 16.4. The van der Waals surface area contributed by atoms with Gasteiger partial charge in [-0.15, -0.1) is 12.3 Å². The number of aliphatic carboxylic acids is 1. The first-order valence-corrected chi connectivity index (χ1v) is 6.15. The second-order valence-electron chi connectivity index (χ2n) is 4.49. The fraction of sp³-hybridized carbons (Fsp3) is 0.692. The number of carbonyl (C=O) groups excluding carboxylic acids is 1. The van der Waals surface area contributed by atoms with Crippen LogP contribution < -0.4 is 10.6 Å². The van der Waals surface area contributed by atoms with Gasteiger partial charge >= 0.3 is 12.0 Å². The lowest BCUT2D eigenvalue weighted by molar-refractivity contribution is -0.147. The number of nitrogens with one attached hydrogen (secondary N) is 2. The SMILES string of the molecule is C#CCCCCNC(=O)NCC(C)(CC)C(=O)O. The molecule has 0 aliphatic carbocycles. The lowest BCUT2D eigenvalue weighted by Crippen LogP contribution is -2.44. The summed E-state index contributed by atoms with van der Waals surface area (Å²) in [5, 5.41) is 14.3. The Hall–Kier alpha value is -1.70. The van der Waals surface area contributed by atoms with Crippen molar-refractivity contribution < 1.29 is 14.7 Å². The average Bonchev–Trinajstić information content (AvgIpc) is 2.35. The van der Waals surface area contributed by atoms with E-state index >= 15 is 0 Å². The van der Waals surface area contributed by atoms with Gasteiger partial charge in [-0.1, -0.05) is 6.92 Å². The highest BCUT2D eigenvalue weighted by molar-refractivity contribution is 5.77. The minimum atomic E-state index is -0.916. The summed E-state index contributed by atoms with van der Waals surface area (Å²) >= 11 is 0. The van der Waals surface area contributed by atoms with Crippen LogP contribution in [0.25, 0.3) is 0 Å². The molecule has 102 valence electrons. The van der Waals surface area contributed by atoms with Crippen molar-refractivity contribution in [1.29, 1.82) is 0 Å². The standard InChI is InChI=1S/C13H22N2O3/c1-4-6-7-8-9-14-12(18)15-10-13(3,5-2)11(16)17/h1H,5-10H2,2-3H3,(H,16,17)(H2,14,15,18). The Morgan fingerprint density at radius 3 is 2.50 bits per heavy atom. The molecule has 5 heteroatoms. The number of terminal acetylenes is 1. The summed E-state index contributed by atoms with van der Waals surface area (Å²) in [5.74, 6) is 1.62. The number of hydrogen-bond donors (Lipinski definition) is 3. The Morgan fingerprint density at radius 1 is 1.33 bits per heavy atom. The topological polar surface area (TPSA) is 78.4 Å². The molecule has 3 N–H and O–H groups in total. The molecule has 0 saturated carbocycles. The van der Waals surface area contributed by atoms with Gasteiger partial charge in [0.15, 0.2) is 0 Å². The van der Waals surface area contributed by atoms with Gasteiger partial charge in [-0.3, -0.25) is 4.79 Å². The molecule has 0 spiro atoms. The maximum Gasteiger partial charge on any atom is 0.314 e. The number of urea groups is 1. The Morgan fingerprint density at radius 2 is 2.00 bits per heavy atom. The van der Waals surface area contributed by atoms with Crippen LogP contribution >= 0.6 is 0 Å². The molecule has 0 fully saturated rings. The molecular formula is C13H22N2O3. The van der Waals surface area contributed by atoms with Gasteiger partial charge in [0.05, 0.1) is 5.41 Å². The summed E-state index contributed by atoms with van der Waals surface area (Å²) < 4.78 is 0. The van der Waals surface area contributed by atoms with Gasteiger partial charge in [0, 0.05) is 19.5 Å². The van der Waals surface area contributed by atoms with Gasteiger partial charge in [0.1, 0.15) is 0 Å². The third-order valence-electron chi connectivity index (χ3n) is 2.97. The first kappa shape index (κ1) is 16.3. The van der Waals surface area contributed by atoms with Gasteiger partial charge in [0.2, 0.25) is 0 Å². The number of unbranched alkanes of at least 4 members (excludes halogenated alkanes) is 2. The first-order valence-electron chi connectivity index (χ1n) is 6.15. The number of amides is 2. The maximum atomic E-state index is 11.4. The Balaban J connectivity index is 3.83. The number of carboxylic acids is 1. The molecule has 0 radical (unpaired) electrons. The molecule has 0 saturated heterocycles. The van der Waals surface area contributed by atoms with Crippen LogP contribution in [0.4, 0.5) is 4.79 Å². The van der Waals surface area contributed by atoms with Crippen molar-refractivity contribution in [3.8, 4) is 12.3 Å². The predicted molar refractivity (Wildman–Crippen MR) is 70.1 cm³/mol. The minimum absolute atomic E-state index is 0.120. The summed E-state index contributed by atoms with van der Waals surface area (Å²) in [6.07, 6.45) is 7.97. The molecule has 0 heterocycles. The molecule has 0 aromatic rings. The monoisotopic (exact) mass is 254 g/mol. The quantitative estimate of drug-likeness (QED) is 0.454. The van der Waals surface area contributed by atoms with Crippen LogP contribution in [-0.4, -0.2) is 30.2 Å². The lowest BCUT2D eigenvalue weighted by atomic mass is 9.88. The zero-order chi connectivity index (χ0) is 14.0. The number of hydrogen-bond acceptors (Lipinski definition) is 2. The van der Waals surface area contributed by atoms with E-state index < -0.39 is 11.4 Å². The van der Waals surface area contributed by atoms with E-state index in [9.17, 15) is 9.59 Å². The van der Waals surface area contributed by atoms with Crippen molar-refractivity contribution in [2.75, 3.05) is 13.1 Å². The van der Waals surface area contributed by atoms with Crippen LogP contribution in [-0.2, 0) is 4.79 Å². The Kier molecular flexibility index (Phi) is 7.61. The van der Waals surface area contributed by atoms with Crippen molar-refractivity contribution in [2.45, 2.75) is 39.5 Å². The van der Waals surface area contributed by atoms with Crippen molar-refractivity contribution in [3.05, 3.63) is 0 Å². The van der Waals surface area contributed by atoms with Gasteiger partial charge < -0.3 is 15.7 Å². The predicted octanol–water partition coefficient (Wildman–Crippen LogP) is 1.59. The van der Waals surface area contributed by atoms with E-state index in [1.165, 1.54) is 0 Å².